The number of thioether (sulfide) groups is 1. The molecule has 4 N–H and O–H groups in total. The van der Waals surface area contributed by atoms with Crippen LogP contribution < -0.4 is 11.1 Å². The van der Waals surface area contributed by atoms with Crippen LogP contribution in [-0.2, 0) is 0 Å². The molecule has 1 rings (SSSR count). The molecule has 0 aromatic heterocycles. The zero-order chi connectivity index (χ0) is 12.2. The number of aliphatic hydroxyl groups excluding tert-OH is 1. The summed E-state index contributed by atoms with van der Waals surface area (Å²) < 4.78 is 0. The molecule has 1 saturated heterocycles. The largest absolute Gasteiger partial charge is 0.393 e. The van der Waals surface area contributed by atoms with Crippen molar-refractivity contribution in [1.82, 2.24) is 5.32 Å². The van der Waals surface area contributed by atoms with E-state index in [-0.39, 0.29) is 11.6 Å². The highest BCUT2D eigenvalue weighted by atomic mass is 32.2. The topological polar surface area (TPSA) is 58.3 Å². The fraction of sp³-hybridized carbons (Fsp3) is 1.00. The van der Waals surface area contributed by atoms with Crippen molar-refractivity contribution < 1.29 is 5.11 Å². The third kappa shape index (κ3) is 3.62. The minimum Gasteiger partial charge on any atom is -0.393 e. The molecule has 1 aliphatic heterocycles. The van der Waals surface area contributed by atoms with E-state index in [4.69, 9.17) is 5.73 Å². The average Bonchev–Trinajstić information content (AvgIpc) is 2.20. The Morgan fingerprint density at radius 2 is 2.25 bits per heavy atom. The number of rotatable bonds is 5. The van der Waals surface area contributed by atoms with E-state index in [1.807, 2.05) is 18.7 Å². The molecule has 16 heavy (non-hydrogen) atoms. The number of hydrogen-bond acceptors (Lipinski definition) is 4. The molecule has 4 unspecified atom stereocenters. The van der Waals surface area contributed by atoms with E-state index >= 15 is 0 Å². The molecule has 0 saturated carbocycles. The maximum atomic E-state index is 9.40. The second-order valence-electron chi connectivity index (χ2n) is 5.11. The van der Waals surface area contributed by atoms with Crippen LogP contribution in [-0.4, -0.2) is 40.3 Å². The van der Waals surface area contributed by atoms with E-state index in [2.05, 4.69) is 19.2 Å². The van der Waals surface area contributed by atoms with Crippen LogP contribution in [0, 0.1) is 0 Å². The molecule has 1 heterocycles. The molecular weight excluding hydrogens is 220 g/mol. The van der Waals surface area contributed by atoms with Gasteiger partial charge < -0.3 is 16.2 Å². The van der Waals surface area contributed by atoms with E-state index < -0.39 is 0 Å². The summed E-state index contributed by atoms with van der Waals surface area (Å²) in [5.41, 5.74) is 6.04. The predicted octanol–water partition coefficient (Wildman–Crippen LogP) is 1.35. The van der Waals surface area contributed by atoms with Crippen molar-refractivity contribution in [3.05, 3.63) is 0 Å². The summed E-state index contributed by atoms with van der Waals surface area (Å²) >= 11 is 2.01. The zero-order valence-corrected chi connectivity index (χ0v) is 11.5. The normalized spacial score (nSPS) is 34.7. The van der Waals surface area contributed by atoms with Gasteiger partial charge in [0.2, 0.25) is 0 Å². The molecule has 0 aromatic rings. The number of aliphatic hydroxyl groups is 1. The smallest absolute Gasteiger partial charge is 0.0526 e. The monoisotopic (exact) mass is 246 g/mol. The van der Waals surface area contributed by atoms with Gasteiger partial charge >= 0.3 is 0 Å². The van der Waals surface area contributed by atoms with E-state index in [1.165, 1.54) is 12.2 Å². The van der Waals surface area contributed by atoms with Crippen molar-refractivity contribution in [1.29, 1.82) is 0 Å². The van der Waals surface area contributed by atoms with Gasteiger partial charge in [0, 0.05) is 23.4 Å². The lowest BCUT2D eigenvalue weighted by atomic mass is 9.88. The molecule has 0 aliphatic carbocycles. The summed E-state index contributed by atoms with van der Waals surface area (Å²) in [6, 6.07) is 0.324. The van der Waals surface area contributed by atoms with Crippen molar-refractivity contribution >= 4 is 11.8 Å². The molecule has 1 aliphatic rings. The van der Waals surface area contributed by atoms with Gasteiger partial charge in [0.05, 0.1) is 6.10 Å². The number of hydrogen-bond donors (Lipinski definition) is 3. The molecule has 0 amide bonds. The van der Waals surface area contributed by atoms with Gasteiger partial charge in [-0.2, -0.15) is 11.8 Å². The summed E-state index contributed by atoms with van der Waals surface area (Å²) in [7, 11) is 0. The zero-order valence-electron chi connectivity index (χ0n) is 10.7. The molecule has 3 nitrogen and oxygen atoms in total. The summed E-state index contributed by atoms with van der Waals surface area (Å²) in [4.78, 5) is 0. The molecule has 0 radical (unpaired) electrons. The van der Waals surface area contributed by atoms with Crippen LogP contribution in [0.1, 0.15) is 40.0 Å². The maximum Gasteiger partial charge on any atom is 0.0526 e. The Morgan fingerprint density at radius 3 is 2.75 bits per heavy atom. The number of nitrogens with two attached hydrogens (primary N) is 1. The second kappa shape index (κ2) is 6.24. The van der Waals surface area contributed by atoms with Crippen molar-refractivity contribution in [2.45, 2.75) is 63.0 Å². The predicted molar refractivity (Wildman–Crippen MR) is 71.8 cm³/mol. The first-order valence-corrected chi connectivity index (χ1v) is 7.32. The molecule has 0 bridgehead atoms. The fourth-order valence-electron chi connectivity index (χ4n) is 2.59. The van der Waals surface area contributed by atoms with Crippen molar-refractivity contribution in [3.63, 3.8) is 0 Å². The first kappa shape index (κ1) is 14.3. The van der Waals surface area contributed by atoms with Crippen molar-refractivity contribution in [2.75, 3.05) is 12.3 Å². The fourth-order valence-corrected chi connectivity index (χ4v) is 3.85. The minimum atomic E-state index is -0.246. The quantitative estimate of drug-likeness (QED) is 0.685. The molecule has 96 valence electrons. The Balaban J connectivity index is 2.57. The van der Waals surface area contributed by atoms with Gasteiger partial charge in [-0.05, 0) is 38.9 Å². The molecule has 4 atom stereocenters. The minimum absolute atomic E-state index is 0.0667. The van der Waals surface area contributed by atoms with E-state index in [0.717, 1.165) is 12.8 Å². The first-order chi connectivity index (χ1) is 7.50. The standard InChI is InChI=1S/C12H26N2OS/c1-9(7-10(2)15)14-12(8-13)5-4-6-16-11(12)3/h9-11,14-15H,4-8,13H2,1-3H3. The average molecular weight is 246 g/mol. The number of nitrogens with one attached hydrogen (secondary N) is 1. The molecular formula is C12H26N2OS. The van der Waals surface area contributed by atoms with Gasteiger partial charge in [-0.25, -0.2) is 0 Å². The van der Waals surface area contributed by atoms with Crippen LogP contribution in [0.4, 0.5) is 0 Å². The Morgan fingerprint density at radius 1 is 1.56 bits per heavy atom. The van der Waals surface area contributed by atoms with Crippen LogP contribution in [0.5, 0.6) is 0 Å². The van der Waals surface area contributed by atoms with Gasteiger partial charge in [-0.3, -0.25) is 0 Å². The maximum absolute atomic E-state index is 9.40. The summed E-state index contributed by atoms with van der Waals surface area (Å²) in [5, 5.41) is 13.6. The second-order valence-corrected chi connectivity index (χ2v) is 6.56. The lowest BCUT2D eigenvalue weighted by Gasteiger charge is -2.44. The van der Waals surface area contributed by atoms with Gasteiger partial charge in [0.1, 0.15) is 0 Å². The molecule has 0 aromatic carbocycles. The highest BCUT2D eigenvalue weighted by Gasteiger charge is 2.38. The highest BCUT2D eigenvalue weighted by Crippen LogP contribution is 2.33. The Labute approximate surface area is 104 Å². The van der Waals surface area contributed by atoms with Crippen LogP contribution in [0.2, 0.25) is 0 Å². The van der Waals surface area contributed by atoms with Crippen molar-refractivity contribution in [2.24, 2.45) is 5.73 Å². The van der Waals surface area contributed by atoms with Gasteiger partial charge in [-0.1, -0.05) is 6.92 Å². The third-order valence-corrected chi connectivity index (χ3v) is 4.98. The van der Waals surface area contributed by atoms with E-state index in [0.29, 0.717) is 17.8 Å². The molecule has 4 heteroatoms. The van der Waals surface area contributed by atoms with E-state index in [9.17, 15) is 5.11 Å². The first-order valence-electron chi connectivity index (χ1n) is 6.27. The Hall–Kier alpha value is 0.230. The van der Waals surface area contributed by atoms with Crippen molar-refractivity contribution in [3.8, 4) is 0 Å². The SMILES string of the molecule is CC(O)CC(C)NC1(CN)CCCSC1C. The van der Waals surface area contributed by atoms with Crippen LogP contribution >= 0.6 is 11.8 Å². The van der Waals surface area contributed by atoms with Crippen LogP contribution in [0.15, 0.2) is 0 Å². The third-order valence-electron chi connectivity index (χ3n) is 3.51. The van der Waals surface area contributed by atoms with Crippen LogP contribution in [0.3, 0.4) is 0 Å². The molecule has 1 fully saturated rings. The lowest BCUT2D eigenvalue weighted by Crippen LogP contribution is -2.61. The van der Waals surface area contributed by atoms with Gasteiger partial charge in [0.25, 0.3) is 0 Å². The highest BCUT2D eigenvalue weighted by molar-refractivity contribution is 8.00. The Kier molecular flexibility index (Phi) is 5.57. The Bertz CT molecular complexity index is 213. The van der Waals surface area contributed by atoms with Gasteiger partial charge in [0.15, 0.2) is 0 Å². The van der Waals surface area contributed by atoms with Gasteiger partial charge in [-0.15, -0.1) is 0 Å². The van der Waals surface area contributed by atoms with E-state index in [1.54, 1.807) is 0 Å². The van der Waals surface area contributed by atoms with Crippen LogP contribution in [0.25, 0.3) is 0 Å². The summed E-state index contributed by atoms with van der Waals surface area (Å²) in [5.74, 6) is 1.25. The summed E-state index contributed by atoms with van der Waals surface area (Å²) in [6.45, 7) is 6.92. The lowest BCUT2D eigenvalue weighted by molar-refractivity contribution is 0.156. The summed E-state index contributed by atoms with van der Waals surface area (Å²) in [6.07, 6.45) is 2.94. The molecule has 0 spiro atoms.